The lowest BCUT2D eigenvalue weighted by Gasteiger charge is -2.10. The molecular weight excluding hydrogens is 283 g/mol. The predicted octanol–water partition coefficient (Wildman–Crippen LogP) is 3.53. The SMILES string of the molecule is CCOc1ncccc1C(=O)Nc1ccc(F)cc1Cl. The summed E-state index contributed by atoms with van der Waals surface area (Å²) in [4.78, 5) is 16.2. The van der Waals surface area contributed by atoms with Crippen LogP contribution in [0.3, 0.4) is 0 Å². The molecule has 6 heteroatoms. The van der Waals surface area contributed by atoms with Crippen LogP contribution in [0, 0.1) is 5.82 Å². The normalized spacial score (nSPS) is 10.2. The van der Waals surface area contributed by atoms with Crippen molar-refractivity contribution in [1.29, 1.82) is 0 Å². The number of nitrogens with one attached hydrogen (secondary N) is 1. The topological polar surface area (TPSA) is 51.2 Å². The van der Waals surface area contributed by atoms with Crippen LogP contribution in [0.5, 0.6) is 5.88 Å². The number of nitrogens with zero attached hydrogens (tertiary/aromatic N) is 1. The molecule has 1 heterocycles. The molecule has 0 saturated carbocycles. The zero-order valence-electron chi connectivity index (χ0n) is 10.7. The van der Waals surface area contributed by atoms with Gasteiger partial charge in [-0.15, -0.1) is 0 Å². The fourth-order valence-electron chi connectivity index (χ4n) is 1.60. The van der Waals surface area contributed by atoms with Crippen LogP contribution in [-0.2, 0) is 0 Å². The van der Waals surface area contributed by atoms with Crippen LogP contribution in [0.25, 0.3) is 0 Å². The summed E-state index contributed by atoms with van der Waals surface area (Å²) < 4.78 is 18.2. The van der Waals surface area contributed by atoms with Gasteiger partial charge in [0.2, 0.25) is 5.88 Å². The Balaban J connectivity index is 2.24. The third kappa shape index (κ3) is 3.24. The monoisotopic (exact) mass is 294 g/mol. The van der Waals surface area contributed by atoms with Gasteiger partial charge in [0.1, 0.15) is 11.4 Å². The highest BCUT2D eigenvalue weighted by molar-refractivity contribution is 6.33. The number of benzene rings is 1. The molecule has 104 valence electrons. The highest BCUT2D eigenvalue weighted by Crippen LogP contribution is 2.24. The molecule has 2 aromatic rings. The molecule has 0 atom stereocenters. The van der Waals surface area contributed by atoms with Crippen molar-refractivity contribution in [2.45, 2.75) is 6.92 Å². The summed E-state index contributed by atoms with van der Waals surface area (Å²) in [5.74, 6) is -0.648. The molecule has 0 aliphatic carbocycles. The number of halogens is 2. The van der Waals surface area contributed by atoms with E-state index in [1.54, 1.807) is 19.1 Å². The van der Waals surface area contributed by atoms with E-state index in [1.807, 2.05) is 0 Å². The van der Waals surface area contributed by atoms with Crippen molar-refractivity contribution in [1.82, 2.24) is 4.98 Å². The van der Waals surface area contributed by atoms with Gasteiger partial charge >= 0.3 is 0 Å². The van der Waals surface area contributed by atoms with E-state index in [0.717, 1.165) is 6.07 Å². The Morgan fingerprint density at radius 3 is 2.95 bits per heavy atom. The van der Waals surface area contributed by atoms with Gasteiger partial charge in [-0.2, -0.15) is 0 Å². The summed E-state index contributed by atoms with van der Waals surface area (Å²) in [6.45, 7) is 2.20. The summed E-state index contributed by atoms with van der Waals surface area (Å²) in [5, 5.41) is 2.72. The summed E-state index contributed by atoms with van der Waals surface area (Å²) in [6.07, 6.45) is 1.53. The zero-order valence-corrected chi connectivity index (χ0v) is 11.4. The Kier molecular flexibility index (Phi) is 4.53. The molecule has 4 nitrogen and oxygen atoms in total. The van der Waals surface area contributed by atoms with E-state index in [0.29, 0.717) is 12.3 Å². The van der Waals surface area contributed by atoms with Crippen LogP contribution in [0.4, 0.5) is 10.1 Å². The van der Waals surface area contributed by atoms with E-state index in [1.165, 1.54) is 18.3 Å². The number of amides is 1. The second kappa shape index (κ2) is 6.34. The van der Waals surface area contributed by atoms with Crippen molar-refractivity contribution in [3.63, 3.8) is 0 Å². The van der Waals surface area contributed by atoms with Gasteiger partial charge < -0.3 is 10.1 Å². The van der Waals surface area contributed by atoms with E-state index < -0.39 is 11.7 Å². The molecule has 2 rings (SSSR count). The van der Waals surface area contributed by atoms with E-state index in [2.05, 4.69) is 10.3 Å². The number of rotatable bonds is 4. The number of aromatic nitrogens is 1. The van der Waals surface area contributed by atoms with Gasteiger partial charge in [0, 0.05) is 6.20 Å². The van der Waals surface area contributed by atoms with E-state index >= 15 is 0 Å². The van der Waals surface area contributed by atoms with Gasteiger partial charge in [-0.1, -0.05) is 11.6 Å². The Morgan fingerprint density at radius 1 is 1.45 bits per heavy atom. The molecule has 0 unspecified atom stereocenters. The minimum absolute atomic E-state index is 0.125. The molecule has 0 radical (unpaired) electrons. The van der Waals surface area contributed by atoms with Gasteiger partial charge in [0.15, 0.2) is 0 Å². The summed E-state index contributed by atoms with van der Waals surface area (Å²) in [7, 11) is 0. The maximum atomic E-state index is 12.9. The van der Waals surface area contributed by atoms with Crippen LogP contribution in [0.15, 0.2) is 36.5 Å². The van der Waals surface area contributed by atoms with Crippen LogP contribution >= 0.6 is 11.6 Å². The molecule has 1 aromatic heterocycles. The number of anilines is 1. The standard InChI is InChI=1S/C14H12ClFN2O2/c1-2-20-14-10(4-3-7-17-14)13(19)18-12-6-5-9(16)8-11(12)15/h3-8H,2H2,1H3,(H,18,19). The van der Waals surface area contributed by atoms with Crippen molar-refractivity contribution in [2.24, 2.45) is 0 Å². The molecule has 0 spiro atoms. The lowest BCUT2D eigenvalue weighted by atomic mass is 10.2. The zero-order chi connectivity index (χ0) is 14.5. The fourth-order valence-corrected chi connectivity index (χ4v) is 1.81. The van der Waals surface area contributed by atoms with E-state index in [9.17, 15) is 9.18 Å². The summed E-state index contributed by atoms with van der Waals surface area (Å²) in [6, 6.07) is 6.96. The van der Waals surface area contributed by atoms with Crippen molar-refractivity contribution in [2.75, 3.05) is 11.9 Å². The minimum Gasteiger partial charge on any atom is -0.477 e. The first kappa shape index (κ1) is 14.3. The van der Waals surface area contributed by atoms with Crippen molar-refractivity contribution < 1.29 is 13.9 Å². The van der Waals surface area contributed by atoms with Crippen molar-refractivity contribution >= 4 is 23.2 Å². The maximum absolute atomic E-state index is 12.9. The van der Waals surface area contributed by atoms with Gasteiger partial charge in [-0.05, 0) is 37.3 Å². The van der Waals surface area contributed by atoms with Crippen LogP contribution in [0.2, 0.25) is 5.02 Å². The number of hydrogen-bond donors (Lipinski definition) is 1. The number of carbonyl (C=O) groups excluding carboxylic acids is 1. The van der Waals surface area contributed by atoms with Gasteiger partial charge in [0.25, 0.3) is 5.91 Å². The lowest BCUT2D eigenvalue weighted by molar-refractivity contribution is 0.102. The number of ether oxygens (including phenoxy) is 1. The molecule has 0 fully saturated rings. The minimum atomic E-state index is -0.468. The maximum Gasteiger partial charge on any atom is 0.261 e. The Morgan fingerprint density at radius 2 is 2.25 bits per heavy atom. The quantitative estimate of drug-likeness (QED) is 0.938. The summed E-state index contributed by atoms with van der Waals surface area (Å²) in [5.41, 5.74) is 0.610. The van der Waals surface area contributed by atoms with Crippen LogP contribution in [-0.4, -0.2) is 17.5 Å². The smallest absolute Gasteiger partial charge is 0.261 e. The average Bonchev–Trinajstić information content (AvgIpc) is 2.43. The van der Waals surface area contributed by atoms with Crippen molar-refractivity contribution in [3.8, 4) is 5.88 Å². The number of pyridine rings is 1. The van der Waals surface area contributed by atoms with E-state index in [-0.39, 0.29) is 16.5 Å². The molecule has 1 N–H and O–H groups in total. The summed E-state index contributed by atoms with van der Waals surface area (Å²) >= 11 is 5.86. The lowest BCUT2D eigenvalue weighted by Crippen LogP contribution is -2.14. The Labute approximate surface area is 120 Å². The Bertz CT molecular complexity index is 634. The molecule has 0 saturated heterocycles. The predicted molar refractivity (Wildman–Crippen MR) is 74.8 cm³/mol. The third-order valence-electron chi connectivity index (χ3n) is 2.48. The highest BCUT2D eigenvalue weighted by atomic mass is 35.5. The second-order valence-corrected chi connectivity index (χ2v) is 4.27. The molecule has 0 aliphatic heterocycles. The van der Waals surface area contributed by atoms with Crippen LogP contribution in [0.1, 0.15) is 17.3 Å². The first-order valence-corrected chi connectivity index (χ1v) is 6.34. The molecule has 20 heavy (non-hydrogen) atoms. The number of hydrogen-bond acceptors (Lipinski definition) is 3. The molecule has 1 aromatic carbocycles. The van der Waals surface area contributed by atoms with E-state index in [4.69, 9.17) is 16.3 Å². The highest BCUT2D eigenvalue weighted by Gasteiger charge is 2.14. The first-order valence-electron chi connectivity index (χ1n) is 5.96. The van der Waals surface area contributed by atoms with Crippen molar-refractivity contribution in [3.05, 3.63) is 52.9 Å². The second-order valence-electron chi connectivity index (χ2n) is 3.87. The largest absolute Gasteiger partial charge is 0.477 e. The third-order valence-corrected chi connectivity index (χ3v) is 2.79. The van der Waals surface area contributed by atoms with Crippen LogP contribution < -0.4 is 10.1 Å². The van der Waals surface area contributed by atoms with Gasteiger partial charge in [0.05, 0.1) is 17.3 Å². The Hall–Kier alpha value is -2.14. The average molecular weight is 295 g/mol. The molecule has 1 amide bonds. The fraction of sp³-hybridized carbons (Fsp3) is 0.143. The molecule has 0 bridgehead atoms. The van der Waals surface area contributed by atoms with Gasteiger partial charge in [-0.3, -0.25) is 4.79 Å². The molecular formula is C14H12ClFN2O2. The molecule has 0 aliphatic rings. The number of carbonyl (C=O) groups is 1. The first-order chi connectivity index (χ1) is 9.61. The van der Waals surface area contributed by atoms with Gasteiger partial charge in [-0.25, -0.2) is 9.37 Å².